The zero-order chi connectivity index (χ0) is 25.7. The number of carbonyl (C=O) groups excluding carboxylic acids is 2. The number of aliphatic hydroxyl groups excluding tert-OH is 1. The third kappa shape index (κ3) is 4.92. The van der Waals surface area contributed by atoms with Gasteiger partial charge in [0.2, 0.25) is 0 Å². The fourth-order valence-corrected chi connectivity index (χ4v) is 4.70. The van der Waals surface area contributed by atoms with E-state index < -0.39 is 17.7 Å². The average molecular weight is 509 g/mol. The molecule has 9 heteroatoms. The van der Waals surface area contributed by atoms with Crippen LogP contribution in [0.2, 0.25) is 0 Å². The molecule has 0 spiro atoms. The van der Waals surface area contributed by atoms with Crippen LogP contribution in [0.4, 0.5) is 5.13 Å². The number of Topliss-reactive ketones (excluding diaryl/α,β-unsaturated/α-hetero) is 1. The maximum Gasteiger partial charge on any atom is 0.301 e. The van der Waals surface area contributed by atoms with Crippen molar-refractivity contribution in [2.24, 2.45) is 0 Å². The molecule has 1 unspecified atom stereocenters. The molecule has 2 aromatic carbocycles. The van der Waals surface area contributed by atoms with Gasteiger partial charge in [-0.3, -0.25) is 14.5 Å². The van der Waals surface area contributed by atoms with Crippen LogP contribution in [0.3, 0.4) is 0 Å². The van der Waals surface area contributed by atoms with Crippen molar-refractivity contribution < 1.29 is 28.9 Å². The quantitative estimate of drug-likeness (QED) is 0.170. The summed E-state index contributed by atoms with van der Waals surface area (Å²) in [4.78, 5) is 32.1. The molecule has 0 aliphatic carbocycles. The lowest BCUT2D eigenvalue weighted by Gasteiger charge is -2.24. The van der Waals surface area contributed by atoms with Gasteiger partial charge in [-0.2, -0.15) is 0 Å². The summed E-state index contributed by atoms with van der Waals surface area (Å²) in [5.74, 6) is -0.280. The van der Waals surface area contributed by atoms with Gasteiger partial charge >= 0.3 is 5.91 Å². The van der Waals surface area contributed by atoms with Gasteiger partial charge in [0.25, 0.3) is 5.78 Å². The van der Waals surface area contributed by atoms with E-state index in [1.807, 2.05) is 6.92 Å². The van der Waals surface area contributed by atoms with Crippen LogP contribution < -0.4 is 19.1 Å². The molecule has 1 saturated heterocycles. The van der Waals surface area contributed by atoms with Crippen LogP contribution in [0.1, 0.15) is 43.9 Å². The molecule has 188 valence electrons. The molecule has 8 nitrogen and oxygen atoms in total. The molecule has 1 aromatic heterocycles. The zero-order valence-corrected chi connectivity index (χ0v) is 21.2. The van der Waals surface area contributed by atoms with Crippen molar-refractivity contribution in [1.29, 1.82) is 0 Å². The third-order valence-corrected chi connectivity index (χ3v) is 6.52. The number of aliphatic hydroxyl groups is 1. The molecule has 2 heterocycles. The zero-order valence-electron chi connectivity index (χ0n) is 20.4. The number of hydrogen-bond acceptors (Lipinski definition) is 8. The fraction of sp³-hybridized carbons (Fsp3) is 0.296. The van der Waals surface area contributed by atoms with Crippen LogP contribution >= 0.6 is 11.3 Å². The first kappa shape index (κ1) is 25.2. The van der Waals surface area contributed by atoms with E-state index in [1.165, 1.54) is 23.3 Å². The lowest BCUT2D eigenvalue weighted by Crippen LogP contribution is -2.29. The minimum Gasteiger partial charge on any atom is -0.507 e. The summed E-state index contributed by atoms with van der Waals surface area (Å²) in [6, 6.07) is 11.1. The Hall–Kier alpha value is -3.85. The highest BCUT2D eigenvalue weighted by atomic mass is 32.1. The number of methoxy groups -OCH3 is 1. The van der Waals surface area contributed by atoms with Gasteiger partial charge in [0.15, 0.2) is 16.6 Å². The molecule has 0 saturated carbocycles. The summed E-state index contributed by atoms with van der Waals surface area (Å²) in [6.45, 7) is 4.93. The monoisotopic (exact) mass is 508 g/mol. The first-order chi connectivity index (χ1) is 17.5. The summed E-state index contributed by atoms with van der Waals surface area (Å²) in [7, 11) is 1.53. The Morgan fingerprint density at radius 3 is 2.64 bits per heavy atom. The molecule has 4 rings (SSSR count). The summed E-state index contributed by atoms with van der Waals surface area (Å²) in [6.07, 6.45) is 3.45. The van der Waals surface area contributed by atoms with Crippen molar-refractivity contribution in [3.63, 3.8) is 0 Å². The average Bonchev–Trinajstić information content (AvgIpc) is 3.51. The lowest BCUT2D eigenvalue weighted by atomic mass is 9.95. The number of rotatable bonds is 10. The van der Waals surface area contributed by atoms with Gasteiger partial charge in [0.05, 0.1) is 31.9 Å². The van der Waals surface area contributed by atoms with E-state index in [0.29, 0.717) is 46.7 Å². The highest BCUT2D eigenvalue weighted by molar-refractivity contribution is 7.14. The second-order valence-electron chi connectivity index (χ2n) is 8.06. The van der Waals surface area contributed by atoms with E-state index in [2.05, 4.69) is 11.9 Å². The number of ketones is 1. The molecule has 1 N–H and O–H groups in total. The summed E-state index contributed by atoms with van der Waals surface area (Å²) in [5.41, 5.74) is 0.909. The maximum absolute atomic E-state index is 13.3. The molecule has 3 aromatic rings. The Morgan fingerprint density at radius 1 is 1.11 bits per heavy atom. The number of amides is 1. The lowest BCUT2D eigenvalue weighted by molar-refractivity contribution is -0.132. The Balaban J connectivity index is 1.85. The van der Waals surface area contributed by atoms with Crippen LogP contribution in [0, 0.1) is 0 Å². The van der Waals surface area contributed by atoms with Gasteiger partial charge in [-0.25, -0.2) is 4.98 Å². The van der Waals surface area contributed by atoms with Gasteiger partial charge < -0.3 is 19.3 Å². The highest BCUT2D eigenvalue weighted by Gasteiger charge is 2.48. The fourth-order valence-electron chi connectivity index (χ4n) is 4.04. The predicted molar refractivity (Wildman–Crippen MR) is 138 cm³/mol. The smallest absolute Gasteiger partial charge is 0.301 e. The van der Waals surface area contributed by atoms with E-state index in [-0.39, 0.29) is 11.3 Å². The van der Waals surface area contributed by atoms with Crippen molar-refractivity contribution in [3.05, 3.63) is 70.7 Å². The largest absolute Gasteiger partial charge is 0.507 e. The number of hydrogen-bond donors (Lipinski definition) is 1. The molecule has 1 atom stereocenters. The molecule has 1 aliphatic rings. The van der Waals surface area contributed by atoms with Crippen molar-refractivity contribution in [2.45, 2.75) is 32.7 Å². The maximum atomic E-state index is 13.3. The molecular weight excluding hydrogens is 480 g/mol. The molecule has 0 bridgehead atoms. The van der Waals surface area contributed by atoms with Gasteiger partial charge in [-0.05, 0) is 43.2 Å². The normalized spacial score (nSPS) is 16.9. The number of benzene rings is 2. The van der Waals surface area contributed by atoms with Crippen molar-refractivity contribution in [1.82, 2.24) is 4.98 Å². The van der Waals surface area contributed by atoms with Crippen molar-refractivity contribution in [3.8, 4) is 17.2 Å². The van der Waals surface area contributed by atoms with Crippen LogP contribution in [-0.2, 0) is 9.59 Å². The first-order valence-electron chi connectivity index (χ1n) is 11.7. The molecule has 1 aliphatic heterocycles. The van der Waals surface area contributed by atoms with Crippen molar-refractivity contribution in [2.75, 3.05) is 25.2 Å². The number of ether oxygens (including phenoxy) is 3. The summed E-state index contributed by atoms with van der Waals surface area (Å²) >= 11 is 1.23. The molecule has 1 fully saturated rings. The van der Waals surface area contributed by atoms with E-state index in [0.717, 1.165) is 12.8 Å². The van der Waals surface area contributed by atoms with E-state index in [1.54, 1.807) is 54.0 Å². The number of nitrogens with zero attached hydrogens (tertiary/aromatic N) is 2. The number of thiazole rings is 1. The molecular formula is C27H28N2O6S. The standard InChI is InChI=1S/C27H28N2O6S/c1-4-6-13-35-20-11-10-17(16-21(20)33-3)23-22(24(30)18-8-7-9-19(15-18)34-5-2)25(31)26(32)29(23)27-28-12-14-36-27/h7-12,14-16,23,30H,4-6,13H2,1-3H3. The van der Waals surface area contributed by atoms with Gasteiger partial charge in [0, 0.05) is 17.1 Å². The number of carbonyl (C=O) groups is 2. The minimum atomic E-state index is -0.912. The molecule has 36 heavy (non-hydrogen) atoms. The number of aromatic nitrogens is 1. The van der Waals surface area contributed by atoms with Crippen LogP contribution in [0.15, 0.2) is 59.6 Å². The van der Waals surface area contributed by atoms with Gasteiger partial charge in [-0.15, -0.1) is 11.3 Å². The molecule has 1 amide bonds. The van der Waals surface area contributed by atoms with Gasteiger partial charge in [-0.1, -0.05) is 31.5 Å². The summed E-state index contributed by atoms with van der Waals surface area (Å²) < 4.78 is 17.0. The first-order valence-corrected chi connectivity index (χ1v) is 12.6. The van der Waals surface area contributed by atoms with Crippen LogP contribution in [0.25, 0.3) is 5.76 Å². The van der Waals surface area contributed by atoms with Crippen LogP contribution in [0.5, 0.6) is 17.2 Å². The Bertz CT molecular complexity index is 1270. The van der Waals surface area contributed by atoms with E-state index in [4.69, 9.17) is 14.2 Å². The minimum absolute atomic E-state index is 0.0365. The third-order valence-electron chi connectivity index (χ3n) is 5.75. The van der Waals surface area contributed by atoms with E-state index in [9.17, 15) is 14.7 Å². The molecule has 0 radical (unpaired) electrons. The second kappa shape index (κ2) is 11.3. The summed E-state index contributed by atoms with van der Waals surface area (Å²) in [5, 5.41) is 13.4. The number of anilines is 1. The van der Waals surface area contributed by atoms with E-state index >= 15 is 0 Å². The number of unbranched alkanes of at least 4 members (excludes halogenated alkanes) is 1. The Kier molecular flexibility index (Phi) is 7.90. The topological polar surface area (TPSA) is 98.2 Å². The SMILES string of the molecule is CCCCOc1ccc(C2C(=C(O)c3cccc(OCC)c3)C(=O)C(=O)N2c2nccs2)cc1OC. The van der Waals surface area contributed by atoms with Crippen LogP contribution in [-0.4, -0.2) is 42.1 Å². The Labute approximate surface area is 213 Å². The predicted octanol–water partition coefficient (Wildman–Crippen LogP) is 5.36. The van der Waals surface area contributed by atoms with Crippen molar-refractivity contribution >= 4 is 33.9 Å². The van der Waals surface area contributed by atoms with Gasteiger partial charge in [0.1, 0.15) is 11.5 Å². The Morgan fingerprint density at radius 2 is 1.94 bits per heavy atom. The highest BCUT2D eigenvalue weighted by Crippen LogP contribution is 2.44. The second-order valence-corrected chi connectivity index (χ2v) is 8.93.